The zero-order valence-corrected chi connectivity index (χ0v) is 31.8. The number of nitrogens with one attached hydrogen (secondary N) is 2. The van der Waals surface area contributed by atoms with Crippen LogP contribution in [0.25, 0.3) is 11.1 Å². The normalized spacial score (nSPS) is 20.5. The molecule has 3 saturated heterocycles. The van der Waals surface area contributed by atoms with Gasteiger partial charge in [-0.3, -0.25) is 9.59 Å². The fraction of sp³-hybridized carbons (Fsp3) is 0.289. The molecule has 8 rings (SSSR count). The minimum atomic E-state index is -2.34. The molecule has 0 bridgehead atoms. The summed E-state index contributed by atoms with van der Waals surface area (Å²) < 4.78 is 83.0. The lowest BCUT2D eigenvalue weighted by Crippen LogP contribution is -2.57. The van der Waals surface area contributed by atoms with Crippen LogP contribution in [0.2, 0.25) is 0 Å². The second kappa shape index (κ2) is 16.9. The van der Waals surface area contributed by atoms with E-state index < -0.39 is 52.4 Å². The first-order chi connectivity index (χ1) is 28.6. The Bertz CT molecular complexity index is 2300. The van der Waals surface area contributed by atoms with Gasteiger partial charge in [0.05, 0.1) is 25.5 Å². The number of benzene rings is 5. The van der Waals surface area contributed by atoms with Gasteiger partial charge in [0.15, 0.2) is 29.6 Å². The highest BCUT2D eigenvalue weighted by atomic mass is 19.2. The Morgan fingerprint density at radius 1 is 0.780 bits per heavy atom. The Balaban J connectivity index is 0.979. The van der Waals surface area contributed by atoms with Gasteiger partial charge in [0, 0.05) is 43.9 Å². The number of halogens is 5. The van der Waals surface area contributed by atoms with E-state index in [4.69, 9.17) is 9.47 Å². The number of para-hydroxylation sites is 1. The van der Waals surface area contributed by atoms with Gasteiger partial charge < -0.3 is 35.0 Å². The summed E-state index contributed by atoms with van der Waals surface area (Å²) in [5.41, 5.74) is 3.21. The Hall–Kier alpha value is -5.67. The number of carbonyl (C=O) groups excluding carboxylic acids is 2. The summed E-state index contributed by atoms with van der Waals surface area (Å²) in [6.45, 7) is 2.15. The first-order valence-corrected chi connectivity index (χ1v) is 19.4. The van der Waals surface area contributed by atoms with E-state index in [1.54, 1.807) is 24.3 Å². The topological polar surface area (TPSA) is 103 Å². The van der Waals surface area contributed by atoms with Gasteiger partial charge in [-0.2, -0.15) is 0 Å². The van der Waals surface area contributed by atoms with Gasteiger partial charge in [-0.25, -0.2) is 22.0 Å². The molecule has 3 aliphatic heterocycles. The SMILES string of the molecule is O=C(NCc1ccccc1-c1ccc([C@H]2O[C@@H](CN3CCC4(CC3)C(=O)NCN4c3ccccc3)C[C@@H](c3ccc(CO)cc3)O2)cc1)c1c(F)c(F)c(F)c(F)c1F. The van der Waals surface area contributed by atoms with Crippen LogP contribution in [0.15, 0.2) is 103 Å². The number of amides is 2. The van der Waals surface area contributed by atoms with Crippen molar-refractivity contribution < 1.29 is 46.1 Å². The number of likely N-dealkylation sites (tertiary alicyclic amines) is 1. The van der Waals surface area contributed by atoms with E-state index in [0.29, 0.717) is 56.7 Å². The number of aliphatic hydroxyl groups excluding tert-OH is 1. The molecule has 306 valence electrons. The summed E-state index contributed by atoms with van der Waals surface area (Å²) in [5, 5.41) is 15.0. The van der Waals surface area contributed by atoms with E-state index in [2.05, 4.69) is 20.4 Å². The van der Waals surface area contributed by atoms with Crippen molar-refractivity contribution in [1.82, 2.24) is 15.5 Å². The van der Waals surface area contributed by atoms with E-state index in [1.807, 2.05) is 78.9 Å². The first-order valence-electron chi connectivity index (χ1n) is 19.4. The summed E-state index contributed by atoms with van der Waals surface area (Å²) in [5.74, 6) is -12.6. The third-order valence-electron chi connectivity index (χ3n) is 11.6. The minimum Gasteiger partial charge on any atom is -0.392 e. The summed E-state index contributed by atoms with van der Waals surface area (Å²) in [4.78, 5) is 30.5. The van der Waals surface area contributed by atoms with Crippen molar-refractivity contribution in [3.63, 3.8) is 0 Å². The standard InChI is InChI=1S/C45H41F5N4O5/c46-37-36(38(47)40(49)41(50)39(37)48)42(56)51-23-31-6-4-5-9-34(31)28-14-16-30(17-15-28)43-58-33(22-35(59-43)29-12-10-27(25-55)11-13-29)24-53-20-18-45(19-21-53)44(57)52-26-54(45)32-7-2-1-3-8-32/h1-17,33,35,43,55H,18-26H2,(H,51,56)(H,52,57)/t33-,35+,43+/m1/s1. The molecule has 3 heterocycles. The van der Waals surface area contributed by atoms with Gasteiger partial charge in [0.2, 0.25) is 11.7 Å². The fourth-order valence-corrected chi connectivity index (χ4v) is 8.30. The van der Waals surface area contributed by atoms with E-state index >= 15 is 0 Å². The van der Waals surface area contributed by atoms with Gasteiger partial charge >= 0.3 is 0 Å². The number of piperidine rings is 1. The highest BCUT2D eigenvalue weighted by molar-refractivity contribution is 5.95. The molecule has 0 unspecified atom stereocenters. The molecule has 3 fully saturated rings. The molecule has 5 aromatic carbocycles. The van der Waals surface area contributed by atoms with E-state index in [-0.39, 0.29) is 31.3 Å². The molecule has 5 aromatic rings. The maximum atomic E-state index is 14.3. The van der Waals surface area contributed by atoms with Gasteiger partial charge in [-0.05, 0) is 52.8 Å². The molecule has 0 aromatic heterocycles. The Labute approximate surface area is 337 Å². The summed E-state index contributed by atoms with van der Waals surface area (Å²) in [6, 6.07) is 31.9. The van der Waals surface area contributed by atoms with Crippen molar-refractivity contribution in [2.45, 2.75) is 56.5 Å². The highest BCUT2D eigenvalue weighted by Crippen LogP contribution is 2.41. The van der Waals surface area contributed by atoms with Crippen molar-refractivity contribution >= 4 is 17.5 Å². The van der Waals surface area contributed by atoms with Gasteiger partial charge in [0.1, 0.15) is 11.1 Å². The lowest BCUT2D eigenvalue weighted by atomic mass is 9.85. The number of hydrogen-bond donors (Lipinski definition) is 3. The largest absolute Gasteiger partial charge is 0.392 e. The number of ether oxygens (including phenoxy) is 2. The number of carbonyl (C=O) groups is 2. The number of rotatable bonds is 10. The molecule has 0 saturated carbocycles. The quantitative estimate of drug-likeness (QED) is 0.0766. The predicted molar refractivity (Wildman–Crippen MR) is 208 cm³/mol. The minimum absolute atomic E-state index is 0.0507. The molecule has 3 aliphatic rings. The highest BCUT2D eigenvalue weighted by Gasteiger charge is 2.50. The first kappa shape index (κ1) is 40.1. The smallest absolute Gasteiger partial charge is 0.257 e. The van der Waals surface area contributed by atoms with E-state index in [9.17, 15) is 36.6 Å². The van der Waals surface area contributed by atoms with Gasteiger partial charge in [-0.15, -0.1) is 0 Å². The van der Waals surface area contributed by atoms with Crippen molar-refractivity contribution in [2.75, 3.05) is 31.2 Å². The van der Waals surface area contributed by atoms with E-state index in [1.165, 1.54) is 0 Å². The maximum Gasteiger partial charge on any atom is 0.257 e. The lowest BCUT2D eigenvalue weighted by molar-refractivity contribution is -0.253. The average Bonchev–Trinajstić information content (AvgIpc) is 3.59. The van der Waals surface area contributed by atoms with Crippen LogP contribution >= 0.6 is 0 Å². The Morgan fingerprint density at radius 3 is 2.08 bits per heavy atom. The Morgan fingerprint density at radius 2 is 1.41 bits per heavy atom. The van der Waals surface area contributed by atoms with Crippen LogP contribution in [0.4, 0.5) is 27.6 Å². The van der Waals surface area contributed by atoms with Crippen LogP contribution in [0, 0.1) is 29.1 Å². The number of anilines is 1. The van der Waals surface area contributed by atoms with Crippen molar-refractivity contribution in [3.8, 4) is 11.1 Å². The lowest BCUT2D eigenvalue weighted by Gasteiger charge is -2.45. The maximum absolute atomic E-state index is 14.3. The second-order valence-electron chi connectivity index (χ2n) is 15.0. The molecular formula is C45H41F5N4O5. The molecule has 2 amide bonds. The summed E-state index contributed by atoms with van der Waals surface area (Å²) >= 11 is 0. The van der Waals surface area contributed by atoms with Crippen LogP contribution in [0.3, 0.4) is 0 Å². The molecule has 3 atom stereocenters. The molecule has 0 aliphatic carbocycles. The molecule has 0 radical (unpaired) electrons. The van der Waals surface area contributed by atoms with Crippen LogP contribution in [-0.4, -0.2) is 59.8 Å². The van der Waals surface area contributed by atoms with Crippen molar-refractivity contribution in [2.24, 2.45) is 0 Å². The van der Waals surface area contributed by atoms with Gasteiger partial charge in [0.25, 0.3) is 5.91 Å². The number of aliphatic hydroxyl groups is 1. The van der Waals surface area contributed by atoms with Crippen LogP contribution < -0.4 is 15.5 Å². The van der Waals surface area contributed by atoms with E-state index in [0.717, 1.165) is 27.9 Å². The summed E-state index contributed by atoms with van der Waals surface area (Å²) in [6.07, 6.45) is 0.613. The predicted octanol–water partition coefficient (Wildman–Crippen LogP) is 7.45. The molecule has 1 spiro atoms. The second-order valence-corrected chi connectivity index (χ2v) is 15.0. The Kier molecular flexibility index (Phi) is 11.5. The third kappa shape index (κ3) is 7.93. The van der Waals surface area contributed by atoms with Crippen molar-refractivity contribution in [3.05, 3.63) is 160 Å². The zero-order valence-electron chi connectivity index (χ0n) is 31.8. The van der Waals surface area contributed by atoms with Crippen LogP contribution in [0.5, 0.6) is 0 Å². The molecular weight excluding hydrogens is 772 g/mol. The molecule has 14 heteroatoms. The molecule has 3 N–H and O–H groups in total. The van der Waals surface area contributed by atoms with Gasteiger partial charge in [-0.1, -0.05) is 91.0 Å². The van der Waals surface area contributed by atoms with Crippen LogP contribution in [0.1, 0.15) is 64.3 Å². The monoisotopic (exact) mass is 812 g/mol. The fourth-order valence-electron chi connectivity index (χ4n) is 8.30. The van der Waals surface area contributed by atoms with Crippen LogP contribution in [-0.2, 0) is 27.4 Å². The van der Waals surface area contributed by atoms with Crippen molar-refractivity contribution in [1.29, 1.82) is 0 Å². The average molecular weight is 813 g/mol. The zero-order chi connectivity index (χ0) is 41.3. The third-order valence-corrected chi connectivity index (χ3v) is 11.6. The number of hydrogen-bond acceptors (Lipinski definition) is 7. The summed E-state index contributed by atoms with van der Waals surface area (Å²) in [7, 11) is 0. The molecule has 59 heavy (non-hydrogen) atoms. The molecule has 9 nitrogen and oxygen atoms in total. The number of nitrogens with zero attached hydrogens (tertiary/aromatic N) is 2.